The molecule has 1 unspecified atom stereocenters. The number of nitrogens with zero attached hydrogens (tertiary/aromatic N) is 4. The van der Waals surface area contributed by atoms with E-state index in [1.807, 2.05) is 24.3 Å². The molecule has 0 spiro atoms. The van der Waals surface area contributed by atoms with Crippen LogP contribution in [0.1, 0.15) is 36.6 Å². The molecule has 1 aromatic carbocycles. The van der Waals surface area contributed by atoms with Gasteiger partial charge in [-0.05, 0) is 73.4 Å². The second-order valence-electron chi connectivity index (χ2n) is 8.50. The molecule has 3 atom stereocenters. The Balaban J connectivity index is 1.34. The molecule has 3 aromatic rings. The van der Waals surface area contributed by atoms with E-state index in [1.165, 1.54) is 0 Å². The minimum absolute atomic E-state index is 0.143. The summed E-state index contributed by atoms with van der Waals surface area (Å²) in [5, 5.41) is 21.9. The largest absolute Gasteiger partial charge is 0.497 e. The lowest BCUT2D eigenvalue weighted by Crippen LogP contribution is -2.42. The molecule has 33 heavy (non-hydrogen) atoms. The first-order valence-electron chi connectivity index (χ1n) is 11.4. The molecule has 0 saturated carbocycles. The number of rotatable bonds is 7. The molecule has 1 fully saturated rings. The van der Waals surface area contributed by atoms with Gasteiger partial charge >= 0.3 is 0 Å². The summed E-state index contributed by atoms with van der Waals surface area (Å²) in [5.74, 6) is 7.51. The molecular weight excluding hydrogens is 416 g/mol. The van der Waals surface area contributed by atoms with Gasteiger partial charge in [-0.3, -0.25) is 14.9 Å². The Hall–Kier alpha value is -3.05. The molecule has 1 aliphatic heterocycles. The lowest BCUT2D eigenvalue weighted by atomic mass is 9.81. The number of aliphatic hydroxyl groups excluding tert-OH is 2. The molecule has 1 aliphatic rings. The van der Waals surface area contributed by atoms with E-state index >= 15 is 0 Å². The van der Waals surface area contributed by atoms with Crippen molar-refractivity contribution in [3.8, 4) is 17.6 Å². The number of piperidine rings is 1. The molecule has 2 N–H and O–H groups in total. The van der Waals surface area contributed by atoms with Gasteiger partial charge in [-0.25, -0.2) is 4.98 Å². The van der Waals surface area contributed by atoms with E-state index in [0.717, 1.165) is 48.1 Å². The van der Waals surface area contributed by atoms with E-state index in [-0.39, 0.29) is 12.5 Å². The number of methoxy groups -OCH3 is 1. The van der Waals surface area contributed by atoms with Crippen molar-refractivity contribution in [2.75, 3.05) is 33.4 Å². The van der Waals surface area contributed by atoms with Crippen LogP contribution in [-0.4, -0.2) is 63.4 Å². The Morgan fingerprint density at radius 2 is 2.09 bits per heavy atom. The van der Waals surface area contributed by atoms with Gasteiger partial charge in [0.2, 0.25) is 0 Å². The standard InChI is InChI=1S/C26H30N4O3/c1-33-22-5-6-25-24(15-22)23(8-10-29-25)26(32)7-4-19-9-14-30(17-20(19)18-31)13-2-3-21-16-27-11-12-28-21/h5-6,8,10-12,15-16,19-20,26,31-32H,4,7,9,13-14,17-18H2,1H3/t19-,20-,26?/m1/s1. The zero-order valence-electron chi connectivity index (χ0n) is 18.9. The number of likely N-dealkylation sites (tertiary alicyclic amines) is 1. The van der Waals surface area contributed by atoms with E-state index in [2.05, 4.69) is 31.7 Å². The number of pyridine rings is 1. The van der Waals surface area contributed by atoms with Gasteiger partial charge in [0, 0.05) is 37.1 Å². The highest BCUT2D eigenvalue weighted by Gasteiger charge is 2.29. The zero-order valence-corrected chi connectivity index (χ0v) is 18.9. The minimum atomic E-state index is -0.585. The third-order valence-electron chi connectivity index (χ3n) is 6.44. The molecule has 4 rings (SSSR count). The van der Waals surface area contributed by atoms with Crippen molar-refractivity contribution in [1.82, 2.24) is 19.9 Å². The van der Waals surface area contributed by atoms with Crippen molar-refractivity contribution in [2.45, 2.75) is 25.4 Å². The van der Waals surface area contributed by atoms with Crippen molar-refractivity contribution < 1.29 is 14.9 Å². The summed E-state index contributed by atoms with van der Waals surface area (Å²) in [7, 11) is 1.64. The molecular formula is C26H30N4O3. The van der Waals surface area contributed by atoms with Crippen molar-refractivity contribution in [2.24, 2.45) is 11.8 Å². The highest BCUT2D eigenvalue weighted by molar-refractivity contribution is 5.83. The topological polar surface area (TPSA) is 91.6 Å². The average Bonchev–Trinajstić information content (AvgIpc) is 2.87. The first-order valence-corrected chi connectivity index (χ1v) is 11.4. The van der Waals surface area contributed by atoms with Crippen LogP contribution in [0.2, 0.25) is 0 Å². The molecule has 2 aromatic heterocycles. The fraction of sp³-hybridized carbons (Fsp3) is 0.423. The number of hydrogen-bond acceptors (Lipinski definition) is 7. The van der Waals surface area contributed by atoms with Crippen LogP contribution in [0, 0.1) is 23.7 Å². The van der Waals surface area contributed by atoms with Gasteiger partial charge in [0.15, 0.2) is 0 Å². The maximum Gasteiger partial charge on any atom is 0.131 e. The third kappa shape index (κ3) is 5.85. The summed E-state index contributed by atoms with van der Waals surface area (Å²) in [4.78, 5) is 14.9. The number of hydrogen-bond donors (Lipinski definition) is 2. The number of ether oxygens (including phenoxy) is 1. The molecule has 3 heterocycles. The molecule has 7 heteroatoms. The molecule has 0 radical (unpaired) electrons. The monoisotopic (exact) mass is 446 g/mol. The first kappa shape index (κ1) is 23.1. The van der Waals surface area contributed by atoms with Gasteiger partial charge in [-0.2, -0.15) is 0 Å². The fourth-order valence-corrected chi connectivity index (χ4v) is 4.58. The van der Waals surface area contributed by atoms with E-state index in [4.69, 9.17) is 4.74 Å². The van der Waals surface area contributed by atoms with Gasteiger partial charge < -0.3 is 14.9 Å². The lowest BCUT2D eigenvalue weighted by Gasteiger charge is -2.37. The van der Waals surface area contributed by atoms with E-state index in [0.29, 0.717) is 24.6 Å². The smallest absolute Gasteiger partial charge is 0.131 e. The van der Waals surface area contributed by atoms with Crippen LogP contribution in [0.4, 0.5) is 0 Å². The second kappa shape index (κ2) is 11.2. The van der Waals surface area contributed by atoms with Crippen LogP contribution in [0.5, 0.6) is 5.75 Å². The van der Waals surface area contributed by atoms with E-state index in [1.54, 1.807) is 31.9 Å². The van der Waals surface area contributed by atoms with Crippen molar-refractivity contribution in [3.63, 3.8) is 0 Å². The summed E-state index contributed by atoms with van der Waals surface area (Å²) < 4.78 is 5.35. The van der Waals surface area contributed by atoms with Crippen LogP contribution in [0.15, 0.2) is 49.1 Å². The van der Waals surface area contributed by atoms with Gasteiger partial charge in [-0.1, -0.05) is 5.92 Å². The van der Waals surface area contributed by atoms with Gasteiger partial charge in [0.05, 0.1) is 31.5 Å². The number of aliphatic hydroxyl groups is 2. The normalized spacial score (nSPS) is 19.6. The Kier molecular flexibility index (Phi) is 7.84. The number of aromatic nitrogens is 3. The van der Waals surface area contributed by atoms with Crippen molar-refractivity contribution in [1.29, 1.82) is 0 Å². The van der Waals surface area contributed by atoms with Crippen LogP contribution in [0.25, 0.3) is 10.9 Å². The molecule has 0 amide bonds. The Labute approximate surface area is 194 Å². The van der Waals surface area contributed by atoms with Crippen molar-refractivity contribution in [3.05, 3.63) is 60.3 Å². The van der Waals surface area contributed by atoms with Crippen LogP contribution >= 0.6 is 0 Å². The minimum Gasteiger partial charge on any atom is -0.497 e. The Bertz CT molecular complexity index is 1110. The molecule has 7 nitrogen and oxygen atoms in total. The van der Waals surface area contributed by atoms with Crippen LogP contribution in [-0.2, 0) is 0 Å². The average molecular weight is 447 g/mol. The molecule has 0 aliphatic carbocycles. The summed E-state index contributed by atoms with van der Waals surface area (Å²) in [6.45, 7) is 2.53. The van der Waals surface area contributed by atoms with Crippen molar-refractivity contribution >= 4 is 10.9 Å². The van der Waals surface area contributed by atoms with Gasteiger partial charge in [0.25, 0.3) is 0 Å². The summed E-state index contributed by atoms with van der Waals surface area (Å²) in [6, 6.07) is 7.60. The fourth-order valence-electron chi connectivity index (χ4n) is 4.58. The Morgan fingerprint density at radius 3 is 2.88 bits per heavy atom. The van der Waals surface area contributed by atoms with Crippen LogP contribution in [0.3, 0.4) is 0 Å². The first-order chi connectivity index (χ1) is 16.2. The molecule has 1 saturated heterocycles. The highest BCUT2D eigenvalue weighted by Crippen LogP contribution is 2.33. The van der Waals surface area contributed by atoms with E-state index < -0.39 is 6.10 Å². The predicted molar refractivity (Wildman–Crippen MR) is 127 cm³/mol. The SMILES string of the molecule is COc1ccc2nccc(C(O)CC[C@@H]3CCN(CC#Cc4cnccn4)C[C@@H]3CO)c2c1. The molecule has 172 valence electrons. The predicted octanol–water partition coefficient (Wildman–Crippen LogP) is 2.83. The van der Waals surface area contributed by atoms with Gasteiger partial charge in [-0.15, -0.1) is 0 Å². The van der Waals surface area contributed by atoms with Gasteiger partial charge in [0.1, 0.15) is 11.4 Å². The maximum absolute atomic E-state index is 11.0. The maximum atomic E-state index is 11.0. The quantitative estimate of drug-likeness (QED) is 0.539. The highest BCUT2D eigenvalue weighted by atomic mass is 16.5. The summed E-state index contributed by atoms with van der Waals surface area (Å²) in [6.07, 6.45) is 8.56. The summed E-state index contributed by atoms with van der Waals surface area (Å²) in [5.41, 5.74) is 2.38. The second-order valence-corrected chi connectivity index (χ2v) is 8.50. The zero-order chi connectivity index (χ0) is 23.0. The number of benzene rings is 1. The molecule has 0 bridgehead atoms. The van der Waals surface area contributed by atoms with Crippen LogP contribution < -0.4 is 4.74 Å². The summed E-state index contributed by atoms with van der Waals surface area (Å²) >= 11 is 0. The third-order valence-corrected chi connectivity index (χ3v) is 6.44. The van der Waals surface area contributed by atoms with E-state index in [9.17, 15) is 10.2 Å². The lowest BCUT2D eigenvalue weighted by molar-refractivity contribution is 0.0640. The number of fused-ring (bicyclic) bond motifs is 1. The Morgan fingerprint density at radius 1 is 1.18 bits per heavy atom.